The van der Waals surface area contributed by atoms with Crippen LogP contribution in [0.4, 0.5) is 0 Å². The minimum absolute atomic E-state index is 0. The van der Waals surface area contributed by atoms with E-state index in [4.69, 9.17) is 0 Å². The topological polar surface area (TPSA) is 60.0 Å². The number of nitrogens with one attached hydrogen (secondary N) is 2. The first-order valence-corrected chi connectivity index (χ1v) is 10.5. The highest BCUT2D eigenvalue weighted by Gasteiger charge is 2.38. The molecule has 1 amide bonds. The van der Waals surface area contributed by atoms with Crippen LogP contribution in [0.2, 0.25) is 0 Å². The van der Waals surface area contributed by atoms with Crippen LogP contribution in [-0.2, 0) is 4.79 Å². The zero-order valence-corrected chi connectivity index (χ0v) is 19.7. The highest BCUT2D eigenvalue weighted by molar-refractivity contribution is 14.0. The third-order valence-corrected chi connectivity index (χ3v) is 6.33. The van der Waals surface area contributed by atoms with Crippen molar-refractivity contribution in [3.8, 4) is 0 Å². The van der Waals surface area contributed by atoms with E-state index in [0.717, 1.165) is 18.5 Å². The second kappa shape index (κ2) is 10.3. The second-order valence-electron chi connectivity index (χ2n) is 8.88. The van der Waals surface area contributed by atoms with E-state index in [9.17, 15) is 4.79 Å². The molecule has 1 aliphatic heterocycles. The Labute approximate surface area is 181 Å². The van der Waals surface area contributed by atoms with Gasteiger partial charge in [-0.15, -0.1) is 24.0 Å². The van der Waals surface area contributed by atoms with Crippen molar-refractivity contribution in [3.63, 3.8) is 0 Å². The van der Waals surface area contributed by atoms with Gasteiger partial charge in [-0.05, 0) is 37.5 Å². The van der Waals surface area contributed by atoms with Gasteiger partial charge in [-0.25, -0.2) is 4.99 Å². The van der Waals surface area contributed by atoms with Gasteiger partial charge in [0.2, 0.25) is 5.91 Å². The molecule has 156 valence electrons. The van der Waals surface area contributed by atoms with Gasteiger partial charge in [0.05, 0.1) is 0 Å². The lowest BCUT2D eigenvalue weighted by Crippen LogP contribution is -2.52. The van der Waals surface area contributed by atoms with E-state index < -0.39 is 0 Å². The third kappa shape index (κ3) is 6.48. The van der Waals surface area contributed by atoms with E-state index in [0.29, 0.717) is 23.9 Å². The average molecular weight is 491 g/mol. The lowest BCUT2D eigenvalue weighted by molar-refractivity contribution is -0.127. The zero-order chi connectivity index (χ0) is 18.7. The number of nitrogens with zero attached hydrogens (tertiary/aromatic N) is 3. The van der Waals surface area contributed by atoms with E-state index in [1.165, 1.54) is 45.1 Å². The summed E-state index contributed by atoms with van der Waals surface area (Å²) in [5.41, 5.74) is 0. The van der Waals surface area contributed by atoms with Crippen LogP contribution in [-0.4, -0.2) is 73.5 Å². The highest BCUT2D eigenvalue weighted by Crippen LogP contribution is 2.31. The molecule has 2 aliphatic carbocycles. The maximum atomic E-state index is 12.0. The molecule has 4 unspecified atom stereocenters. The third-order valence-electron chi connectivity index (χ3n) is 6.33. The van der Waals surface area contributed by atoms with Gasteiger partial charge in [0.1, 0.15) is 6.54 Å². The summed E-state index contributed by atoms with van der Waals surface area (Å²) in [4.78, 5) is 20.9. The first-order chi connectivity index (χ1) is 12.4. The number of guanidine groups is 1. The molecule has 7 heteroatoms. The number of amides is 1. The van der Waals surface area contributed by atoms with Gasteiger partial charge >= 0.3 is 0 Å². The normalized spacial score (nSPS) is 31.9. The van der Waals surface area contributed by atoms with Gasteiger partial charge in [-0.2, -0.15) is 0 Å². The van der Waals surface area contributed by atoms with Gasteiger partial charge in [0, 0.05) is 45.3 Å². The van der Waals surface area contributed by atoms with Crippen molar-refractivity contribution in [3.05, 3.63) is 0 Å². The molecule has 0 radical (unpaired) electrons. The lowest BCUT2D eigenvalue weighted by atomic mass is 9.86. The molecule has 27 heavy (non-hydrogen) atoms. The maximum Gasteiger partial charge on any atom is 0.243 e. The maximum absolute atomic E-state index is 12.0. The quantitative estimate of drug-likeness (QED) is 0.352. The molecule has 0 spiro atoms. The number of rotatable bonds is 5. The summed E-state index contributed by atoms with van der Waals surface area (Å²) < 4.78 is 0. The van der Waals surface area contributed by atoms with Crippen molar-refractivity contribution >= 4 is 35.8 Å². The number of halogens is 1. The fourth-order valence-electron chi connectivity index (χ4n) is 4.23. The van der Waals surface area contributed by atoms with Crippen molar-refractivity contribution in [2.75, 3.05) is 33.7 Å². The molecule has 4 atom stereocenters. The van der Waals surface area contributed by atoms with Crippen molar-refractivity contribution in [2.45, 2.75) is 70.5 Å². The Morgan fingerprint density at radius 2 is 1.67 bits per heavy atom. The fourth-order valence-corrected chi connectivity index (χ4v) is 4.23. The van der Waals surface area contributed by atoms with Crippen molar-refractivity contribution in [1.29, 1.82) is 0 Å². The number of likely N-dealkylation sites (N-methyl/N-ethyl adjacent to an activating group) is 1. The number of aliphatic imine (C=N–C) groups is 1. The number of carbonyl (C=O) groups excluding carboxylic acids is 1. The predicted octanol–water partition coefficient (Wildman–Crippen LogP) is 2.29. The first-order valence-electron chi connectivity index (χ1n) is 10.5. The molecular weight excluding hydrogens is 453 g/mol. The van der Waals surface area contributed by atoms with E-state index in [1.54, 1.807) is 19.0 Å². The number of carbonyl (C=O) groups is 1. The van der Waals surface area contributed by atoms with Crippen LogP contribution in [0.25, 0.3) is 0 Å². The highest BCUT2D eigenvalue weighted by atomic mass is 127. The Balaban J connectivity index is 0.00000261. The smallest absolute Gasteiger partial charge is 0.243 e. The Hall–Kier alpha value is -0.570. The lowest BCUT2D eigenvalue weighted by Gasteiger charge is -2.32. The average Bonchev–Trinajstić information content (AvgIpc) is 3.39. The summed E-state index contributed by atoms with van der Waals surface area (Å²) in [6.07, 6.45) is 7.79. The molecule has 1 saturated heterocycles. The van der Waals surface area contributed by atoms with Gasteiger partial charge in [-0.3, -0.25) is 9.69 Å². The summed E-state index contributed by atoms with van der Waals surface area (Å²) in [6, 6.07) is 1.68. The van der Waals surface area contributed by atoms with Crippen LogP contribution < -0.4 is 10.6 Å². The Morgan fingerprint density at radius 3 is 2.30 bits per heavy atom. The van der Waals surface area contributed by atoms with Gasteiger partial charge < -0.3 is 15.5 Å². The van der Waals surface area contributed by atoms with Gasteiger partial charge in [-0.1, -0.05) is 26.7 Å². The molecule has 6 nitrogen and oxygen atoms in total. The molecule has 0 aromatic rings. The van der Waals surface area contributed by atoms with Crippen LogP contribution in [0.5, 0.6) is 0 Å². The van der Waals surface area contributed by atoms with Crippen LogP contribution in [0.15, 0.2) is 4.99 Å². The Bertz CT molecular complexity index is 523. The van der Waals surface area contributed by atoms with Crippen LogP contribution in [0.1, 0.15) is 52.4 Å². The number of hydrogen-bond acceptors (Lipinski definition) is 3. The first kappa shape index (κ1) is 22.7. The van der Waals surface area contributed by atoms with Crippen LogP contribution in [0, 0.1) is 11.8 Å². The minimum atomic E-state index is 0. The van der Waals surface area contributed by atoms with E-state index in [1.807, 2.05) is 0 Å². The van der Waals surface area contributed by atoms with Crippen LogP contribution >= 0.6 is 24.0 Å². The molecule has 0 aromatic heterocycles. The molecule has 3 fully saturated rings. The minimum Gasteiger partial charge on any atom is -0.353 e. The summed E-state index contributed by atoms with van der Waals surface area (Å²) in [5, 5.41) is 7.32. The monoisotopic (exact) mass is 491 g/mol. The SMILES string of the molecule is CC1CCCCC1NC(=NCC(=O)N(C)C)NC1CN(C2CC2)CC1C.I. The van der Waals surface area contributed by atoms with E-state index >= 15 is 0 Å². The Kier molecular flexibility index (Phi) is 8.65. The van der Waals surface area contributed by atoms with E-state index in [2.05, 4.69) is 34.4 Å². The standard InChI is InChI=1S/C20H37N5O.HI/c1-14-7-5-6-8-17(14)22-20(21-11-19(26)24(3)4)23-18-13-25(12-15(18)2)16-9-10-16;/h14-18H,5-13H2,1-4H3,(H2,21,22,23);1H. The molecule has 3 aliphatic rings. The Morgan fingerprint density at radius 1 is 1.00 bits per heavy atom. The van der Waals surface area contributed by atoms with Gasteiger partial charge in [0.15, 0.2) is 5.96 Å². The van der Waals surface area contributed by atoms with E-state index in [-0.39, 0.29) is 36.4 Å². The second-order valence-corrected chi connectivity index (χ2v) is 8.88. The number of likely N-dealkylation sites (tertiary alicyclic amines) is 1. The van der Waals surface area contributed by atoms with Crippen molar-refractivity contribution in [1.82, 2.24) is 20.4 Å². The molecule has 2 saturated carbocycles. The van der Waals surface area contributed by atoms with Gasteiger partial charge in [0.25, 0.3) is 0 Å². The summed E-state index contributed by atoms with van der Waals surface area (Å²) in [5.74, 6) is 2.13. The predicted molar refractivity (Wildman–Crippen MR) is 122 cm³/mol. The van der Waals surface area contributed by atoms with Crippen LogP contribution in [0.3, 0.4) is 0 Å². The summed E-state index contributed by atoms with van der Waals surface area (Å²) >= 11 is 0. The number of hydrogen-bond donors (Lipinski definition) is 2. The molecule has 1 heterocycles. The fraction of sp³-hybridized carbons (Fsp3) is 0.900. The summed E-state index contributed by atoms with van der Waals surface area (Å²) in [7, 11) is 3.57. The molecular formula is C20H38IN5O. The molecule has 0 aromatic carbocycles. The summed E-state index contributed by atoms with van der Waals surface area (Å²) in [6.45, 7) is 7.12. The largest absolute Gasteiger partial charge is 0.353 e. The zero-order valence-electron chi connectivity index (χ0n) is 17.4. The van der Waals surface area contributed by atoms with Crippen molar-refractivity contribution < 1.29 is 4.79 Å². The molecule has 2 N–H and O–H groups in total. The van der Waals surface area contributed by atoms with Crippen molar-refractivity contribution in [2.24, 2.45) is 16.8 Å². The molecule has 3 rings (SSSR count). The molecule has 0 bridgehead atoms.